The summed E-state index contributed by atoms with van der Waals surface area (Å²) >= 11 is 0. The van der Waals surface area contributed by atoms with Gasteiger partial charge in [0.15, 0.2) is 5.78 Å². The van der Waals surface area contributed by atoms with Crippen molar-refractivity contribution in [1.29, 1.82) is 0 Å². The molecule has 3 aromatic carbocycles. The Hall–Kier alpha value is -3.43. The number of Topliss-reactive ketones (excluding diaryl/α,β-unsaturated/α-hetero) is 1. The molecule has 0 spiro atoms. The fraction of sp³-hybridized carbons (Fsp3) is 0.258. The molecular formula is C31H32N2O. The highest BCUT2D eigenvalue weighted by Gasteiger charge is 2.16. The van der Waals surface area contributed by atoms with Crippen LogP contribution in [0.1, 0.15) is 40.7 Å². The van der Waals surface area contributed by atoms with Gasteiger partial charge in [-0.2, -0.15) is 0 Å². The SMILES string of the molecule is O=C(CCN1CC=C(c2ccccc2)CC1)c1ccc(N2CC=C(c3ccccc3)CC2)cc1. The molecule has 0 aliphatic carbocycles. The van der Waals surface area contributed by atoms with Crippen molar-refractivity contribution >= 4 is 22.6 Å². The van der Waals surface area contributed by atoms with Gasteiger partial charge in [0, 0.05) is 50.4 Å². The van der Waals surface area contributed by atoms with Crippen LogP contribution in [0.15, 0.2) is 97.1 Å². The number of rotatable bonds is 7. The minimum Gasteiger partial charge on any atom is -0.367 e. The molecule has 2 heterocycles. The lowest BCUT2D eigenvalue weighted by molar-refractivity contribution is 0.0966. The van der Waals surface area contributed by atoms with Crippen LogP contribution in [-0.4, -0.2) is 43.4 Å². The molecule has 3 aromatic rings. The lowest BCUT2D eigenvalue weighted by Crippen LogP contribution is -2.30. The lowest BCUT2D eigenvalue weighted by Gasteiger charge is -2.29. The highest BCUT2D eigenvalue weighted by Crippen LogP contribution is 2.26. The number of ketones is 1. The van der Waals surface area contributed by atoms with Gasteiger partial charge in [-0.1, -0.05) is 72.8 Å². The topological polar surface area (TPSA) is 23.6 Å². The Morgan fingerprint density at radius 1 is 0.676 bits per heavy atom. The van der Waals surface area contributed by atoms with Crippen molar-refractivity contribution < 1.29 is 4.79 Å². The van der Waals surface area contributed by atoms with Crippen LogP contribution in [0.5, 0.6) is 0 Å². The average molecular weight is 449 g/mol. The van der Waals surface area contributed by atoms with Gasteiger partial charge in [0.25, 0.3) is 0 Å². The van der Waals surface area contributed by atoms with Gasteiger partial charge >= 0.3 is 0 Å². The van der Waals surface area contributed by atoms with Crippen LogP contribution in [-0.2, 0) is 0 Å². The van der Waals surface area contributed by atoms with Gasteiger partial charge in [0.05, 0.1) is 0 Å². The normalized spacial score (nSPS) is 16.6. The van der Waals surface area contributed by atoms with Crippen molar-refractivity contribution in [3.8, 4) is 0 Å². The average Bonchev–Trinajstić information content (AvgIpc) is 2.93. The second-order valence-corrected chi connectivity index (χ2v) is 9.16. The number of carbonyl (C=O) groups excluding carboxylic acids is 1. The first kappa shape index (κ1) is 22.4. The molecule has 0 aromatic heterocycles. The van der Waals surface area contributed by atoms with Crippen molar-refractivity contribution in [3.05, 3.63) is 114 Å². The lowest BCUT2D eigenvalue weighted by atomic mass is 9.99. The summed E-state index contributed by atoms with van der Waals surface area (Å²) in [7, 11) is 0. The molecule has 0 fully saturated rings. The molecule has 0 saturated heterocycles. The van der Waals surface area contributed by atoms with Crippen LogP contribution < -0.4 is 4.90 Å². The number of carbonyl (C=O) groups is 1. The van der Waals surface area contributed by atoms with E-state index in [1.54, 1.807) is 0 Å². The first-order valence-electron chi connectivity index (χ1n) is 12.4. The Bertz CT molecular complexity index is 1160. The Balaban J connectivity index is 1.12. The molecule has 0 unspecified atom stereocenters. The van der Waals surface area contributed by atoms with E-state index in [-0.39, 0.29) is 5.78 Å². The van der Waals surface area contributed by atoms with Gasteiger partial charge in [-0.15, -0.1) is 0 Å². The maximum atomic E-state index is 12.8. The summed E-state index contributed by atoms with van der Waals surface area (Å²) in [5, 5.41) is 0. The molecule has 0 saturated carbocycles. The van der Waals surface area contributed by atoms with E-state index < -0.39 is 0 Å². The molecule has 3 heteroatoms. The third kappa shape index (κ3) is 5.37. The minimum absolute atomic E-state index is 0.231. The molecule has 0 amide bonds. The molecule has 5 rings (SSSR count). The summed E-state index contributed by atoms with van der Waals surface area (Å²) in [5.74, 6) is 0.231. The van der Waals surface area contributed by atoms with Gasteiger partial charge < -0.3 is 4.90 Å². The maximum Gasteiger partial charge on any atom is 0.164 e. The first-order chi connectivity index (χ1) is 16.8. The largest absolute Gasteiger partial charge is 0.367 e. The number of benzene rings is 3. The van der Waals surface area contributed by atoms with Gasteiger partial charge in [-0.3, -0.25) is 9.69 Å². The summed E-state index contributed by atoms with van der Waals surface area (Å²) in [5.41, 5.74) is 7.49. The first-order valence-corrected chi connectivity index (χ1v) is 12.4. The third-order valence-electron chi connectivity index (χ3n) is 7.00. The van der Waals surface area contributed by atoms with E-state index in [2.05, 4.69) is 94.7 Å². The third-order valence-corrected chi connectivity index (χ3v) is 7.00. The van der Waals surface area contributed by atoms with E-state index in [0.29, 0.717) is 6.42 Å². The molecule has 2 aliphatic heterocycles. The van der Waals surface area contributed by atoms with Gasteiger partial charge in [0.2, 0.25) is 0 Å². The second-order valence-electron chi connectivity index (χ2n) is 9.16. The van der Waals surface area contributed by atoms with E-state index in [4.69, 9.17) is 0 Å². The van der Waals surface area contributed by atoms with Crippen LogP contribution in [0.3, 0.4) is 0 Å². The van der Waals surface area contributed by atoms with Crippen LogP contribution in [0.25, 0.3) is 11.1 Å². The molecular weight excluding hydrogens is 416 g/mol. The quantitative estimate of drug-likeness (QED) is 0.394. The number of hydrogen-bond donors (Lipinski definition) is 0. The molecule has 0 atom stereocenters. The van der Waals surface area contributed by atoms with Gasteiger partial charge in [-0.05, 0) is 59.4 Å². The zero-order chi connectivity index (χ0) is 23.2. The Labute approximate surface area is 203 Å². The maximum absolute atomic E-state index is 12.8. The summed E-state index contributed by atoms with van der Waals surface area (Å²) < 4.78 is 0. The van der Waals surface area contributed by atoms with Crippen molar-refractivity contribution in [2.24, 2.45) is 0 Å². The molecule has 0 radical (unpaired) electrons. The van der Waals surface area contributed by atoms with Crippen LogP contribution >= 0.6 is 0 Å². The summed E-state index contributed by atoms with van der Waals surface area (Å²) in [6.45, 7) is 4.66. The number of anilines is 1. The van der Waals surface area contributed by atoms with E-state index in [0.717, 1.165) is 51.1 Å². The van der Waals surface area contributed by atoms with Gasteiger partial charge in [0.1, 0.15) is 0 Å². The van der Waals surface area contributed by atoms with Crippen molar-refractivity contribution in [3.63, 3.8) is 0 Å². The predicted molar refractivity (Wildman–Crippen MR) is 142 cm³/mol. The van der Waals surface area contributed by atoms with Crippen molar-refractivity contribution in [2.45, 2.75) is 19.3 Å². The van der Waals surface area contributed by atoms with E-state index in [1.165, 1.54) is 28.0 Å². The van der Waals surface area contributed by atoms with Crippen molar-refractivity contribution in [1.82, 2.24) is 4.90 Å². The van der Waals surface area contributed by atoms with Crippen LogP contribution in [0, 0.1) is 0 Å². The van der Waals surface area contributed by atoms with E-state index >= 15 is 0 Å². The number of nitrogens with zero attached hydrogens (tertiary/aromatic N) is 2. The highest BCUT2D eigenvalue weighted by molar-refractivity contribution is 5.96. The summed E-state index contributed by atoms with van der Waals surface area (Å²) in [6, 6.07) is 29.4. The fourth-order valence-corrected chi connectivity index (χ4v) is 4.91. The Kier molecular flexibility index (Phi) is 7.02. The zero-order valence-electron chi connectivity index (χ0n) is 19.7. The minimum atomic E-state index is 0.231. The molecule has 3 nitrogen and oxygen atoms in total. The highest BCUT2D eigenvalue weighted by atomic mass is 16.1. The number of hydrogen-bond acceptors (Lipinski definition) is 3. The van der Waals surface area contributed by atoms with Gasteiger partial charge in [-0.25, -0.2) is 0 Å². The second kappa shape index (κ2) is 10.7. The molecule has 172 valence electrons. The summed E-state index contributed by atoms with van der Waals surface area (Å²) in [4.78, 5) is 17.6. The van der Waals surface area contributed by atoms with E-state index in [9.17, 15) is 4.79 Å². The van der Waals surface area contributed by atoms with Crippen LogP contribution in [0.4, 0.5) is 5.69 Å². The monoisotopic (exact) mass is 448 g/mol. The van der Waals surface area contributed by atoms with Crippen molar-refractivity contribution in [2.75, 3.05) is 37.6 Å². The molecule has 2 aliphatic rings. The van der Waals surface area contributed by atoms with Crippen LogP contribution in [0.2, 0.25) is 0 Å². The Morgan fingerprint density at radius 2 is 1.26 bits per heavy atom. The van der Waals surface area contributed by atoms with E-state index in [1.807, 2.05) is 12.1 Å². The molecule has 34 heavy (non-hydrogen) atoms. The molecule has 0 N–H and O–H groups in total. The standard InChI is InChI=1S/C31H32N2O/c34-31(19-22-32-20-15-27(16-21-32)25-7-3-1-4-8-25)29-11-13-30(14-12-29)33-23-17-28(18-24-33)26-9-5-2-6-10-26/h1-15,17H,16,18-24H2. The predicted octanol–water partition coefficient (Wildman–Crippen LogP) is 6.34. The Morgan fingerprint density at radius 3 is 1.79 bits per heavy atom. The zero-order valence-corrected chi connectivity index (χ0v) is 19.7. The molecule has 0 bridgehead atoms. The fourth-order valence-electron chi connectivity index (χ4n) is 4.91. The summed E-state index contributed by atoms with van der Waals surface area (Å²) in [6.07, 6.45) is 7.30. The smallest absolute Gasteiger partial charge is 0.164 e.